The molecule has 0 spiro atoms. The van der Waals surface area contributed by atoms with Crippen molar-refractivity contribution >= 4 is 40.5 Å². The molecule has 1 heterocycles. The van der Waals surface area contributed by atoms with E-state index in [1.165, 1.54) is 0 Å². The third kappa shape index (κ3) is 2.32. The first-order chi connectivity index (χ1) is 5.09. The second-order valence-electron chi connectivity index (χ2n) is 1.74. The van der Waals surface area contributed by atoms with Crippen LogP contribution >= 0.6 is 34.5 Å². The van der Waals surface area contributed by atoms with Gasteiger partial charge in [0.1, 0.15) is 9.34 Å². The zero-order valence-electron chi connectivity index (χ0n) is 5.17. The summed E-state index contributed by atoms with van der Waals surface area (Å²) in [7, 11) is 0. The number of halogens is 2. The van der Waals surface area contributed by atoms with Crippen molar-refractivity contribution in [3.05, 3.63) is 14.5 Å². The normalized spacial score (nSPS) is 10.0. The first kappa shape index (κ1) is 8.77. The summed E-state index contributed by atoms with van der Waals surface area (Å²) in [5, 5.41) is 8.95. The highest BCUT2D eigenvalue weighted by Gasteiger charge is 2.09. The van der Waals surface area contributed by atoms with E-state index in [0.29, 0.717) is 9.34 Å². The first-order valence-corrected chi connectivity index (χ1v) is 4.19. The average molecular weight is 212 g/mol. The predicted octanol–water partition coefficient (Wildman–Crippen LogP) is 2.08. The maximum Gasteiger partial charge on any atom is 0.310 e. The number of aliphatic carboxylic acids is 1. The third-order valence-electron chi connectivity index (χ3n) is 0.895. The van der Waals surface area contributed by atoms with Gasteiger partial charge in [-0.1, -0.05) is 23.2 Å². The van der Waals surface area contributed by atoms with Crippen LogP contribution in [0.3, 0.4) is 0 Å². The Morgan fingerprint density at radius 3 is 2.64 bits per heavy atom. The summed E-state index contributed by atoms with van der Waals surface area (Å²) in [6, 6.07) is 0. The number of carbonyl (C=O) groups is 1. The van der Waals surface area contributed by atoms with Gasteiger partial charge in [0.2, 0.25) is 0 Å². The molecule has 0 saturated carbocycles. The van der Waals surface area contributed by atoms with Crippen molar-refractivity contribution in [2.45, 2.75) is 6.42 Å². The van der Waals surface area contributed by atoms with Gasteiger partial charge in [0.25, 0.3) is 0 Å². The molecule has 0 atom stereocenters. The third-order valence-corrected chi connectivity index (χ3v) is 2.63. The number of hydrogen-bond donors (Lipinski definition) is 1. The molecule has 0 unspecified atom stereocenters. The SMILES string of the molecule is O=C(O)Cc1nc(Cl)c(Cl)s1. The molecule has 0 aliphatic heterocycles. The quantitative estimate of drug-likeness (QED) is 0.816. The van der Waals surface area contributed by atoms with Crippen molar-refractivity contribution < 1.29 is 9.90 Å². The van der Waals surface area contributed by atoms with Gasteiger partial charge in [-0.3, -0.25) is 4.79 Å². The lowest BCUT2D eigenvalue weighted by atomic mass is 10.5. The average Bonchev–Trinajstić information content (AvgIpc) is 2.10. The Morgan fingerprint density at radius 2 is 2.27 bits per heavy atom. The van der Waals surface area contributed by atoms with E-state index >= 15 is 0 Å². The summed E-state index contributed by atoms with van der Waals surface area (Å²) < 4.78 is 0.336. The van der Waals surface area contributed by atoms with E-state index in [-0.39, 0.29) is 11.6 Å². The van der Waals surface area contributed by atoms with Crippen LogP contribution in [-0.2, 0) is 11.2 Å². The lowest BCUT2D eigenvalue weighted by molar-refractivity contribution is -0.136. The van der Waals surface area contributed by atoms with Crippen molar-refractivity contribution in [2.24, 2.45) is 0 Å². The summed E-state index contributed by atoms with van der Waals surface area (Å²) >= 11 is 12.1. The van der Waals surface area contributed by atoms with Gasteiger partial charge >= 0.3 is 5.97 Å². The minimum atomic E-state index is -0.938. The number of rotatable bonds is 2. The lowest BCUT2D eigenvalue weighted by Gasteiger charge is -1.84. The standard InChI is InChI=1S/C5H3Cl2NO2S/c6-4-5(7)11-2(8-4)1-3(9)10/h1H2,(H,9,10). The van der Waals surface area contributed by atoms with Gasteiger partial charge in [0.05, 0.1) is 6.42 Å². The number of aromatic nitrogens is 1. The van der Waals surface area contributed by atoms with Crippen LogP contribution in [0.2, 0.25) is 9.49 Å². The number of nitrogens with zero attached hydrogens (tertiary/aromatic N) is 1. The molecule has 0 aliphatic carbocycles. The van der Waals surface area contributed by atoms with Crippen LogP contribution in [0.5, 0.6) is 0 Å². The Hall–Kier alpha value is -0.320. The second-order valence-corrected chi connectivity index (χ2v) is 3.79. The fourth-order valence-corrected chi connectivity index (χ4v) is 1.77. The molecule has 1 N–H and O–H groups in total. The molecule has 11 heavy (non-hydrogen) atoms. The summed E-state index contributed by atoms with van der Waals surface area (Å²) in [5.41, 5.74) is 0. The fourth-order valence-electron chi connectivity index (χ4n) is 0.527. The van der Waals surface area contributed by atoms with E-state index in [1.807, 2.05) is 0 Å². The number of hydrogen-bond acceptors (Lipinski definition) is 3. The van der Waals surface area contributed by atoms with Crippen LogP contribution in [0.15, 0.2) is 0 Å². The highest BCUT2D eigenvalue weighted by Crippen LogP contribution is 2.28. The van der Waals surface area contributed by atoms with Gasteiger partial charge in [0, 0.05) is 0 Å². The molecule has 0 aliphatic rings. The molecule has 1 aromatic heterocycles. The predicted molar refractivity (Wildman–Crippen MR) is 43.5 cm³/mol. The summed E-state index contributed by atoms with van der Waals surface area (Å²) in [6.07, 6.45) is -0.128. The van der Waals surface area contributed by atoms with Crippen molar-refractivity contribution in [3.8, 4) is 0 Å². The topological polar surface area (TPSA) is 50.2 Å². The molecule has 3 nitrogen and oxygen atoms in total. The Morgan fingerprint density at radius 1 is 1.64 bits per heavy atom. The molecule has 0 amide bonds. The number of thiazole rings is 1. The lowest BCUT2D eigenvalue weighted by Crippen LogP contribution is -1.98. The summed E-state index contributed by atoms with van der Waals surface area (Å²) in [5.74, 6) is -0.938. The van der Waals surface area contributed by atoms with Crippen LogP contribution < -0.4 is 0 Å². The van der Waals surface area contributed by atoms with E-state index in [0.717, 1.165) is 11.3 Å². The zero-order chi connectivity index (χ0) is 8.43. The Balaban J connectivity index is 2.81. The largest absolute Gasteiger partial charge is 0.481 e. The number of carboxylic acids is 1. The highest BCUT2D eigenvalue weighted by molar-refractivity contribution is 7.16. The molecule has 0 radical (unpaired) electrons. The van der Waals surface area contributed by atoms with Gasteiger partial charge < -0.3 is 5.11 Å². The molecule has 60 valence electrons. The Kier molecular flexibility index (Phi) is 2.70. The van der Waals surface area contributed by atoms with E-state index < -0.39 is 5.97 Å². The van der Waals surface area contributed by atoms with Crippen molar-refractivity contribution in [2.75, 3.05) is 0 Å². The molecular formula is C5H3Cl2NO2S. The van der Waals surface area contributed by atoms with Gasteiger partial charge in [-0.05, 0) is 0 Å². The minimum Gasteiger partial charge on any atom is -0.481 e. The van der Waals surface area contributed by atoms with Crippen LogP contribution in [0.4, 0.5) is 0 Å². The maximum atomic E-state index is 10.2. The van der Waals surface area contributed by atoms with Crippen molar-refractivity contribution in [3.63, 3.8) is 0 Å². The smallest absolute Gasteiger partial charge is 0.310 e. The highest BCUT2D eigenvalue weighted by atomic mass is 35.5. The monoisotopic (exact) mass is 211 g/mol. The molecule has 0 saturated heterocycles. The van der Waals surface area contributed by atoms with Gasteiger partial charge in [0.15, 0.2) is 5.15 Å². The molecule has 0 aromatic carbocycles. The van der Waals surface area contributed by atoms with E-state index in [2.05, 4.69) is 4.98 Å². The van der Waals surface area contributed by atoms with E-state index in [1.54, 1.807) is 0 Å². The van der Waals surface area contributed by atoms with Crippen molar-refractivity contribution in [1.82, 2.24) is 4.98 Å². The fraction of sp³-hybridized carbons (Fsp3) is 0.200. The molecular weight excluding hydrogens is 209 g/mol. The van der Waals surface area contributed by atoms with Crippen molar-refractivity contribution in [1.29, 1.82) is 0 Å². The molecule has 0 bridgehead atoms. The molecule has 1 rings (SSSR count). The molecule has 1 aromatic rings. The van der Waals surface area contributed by atoms with Crippen LogP contribution in [0.25, 0.3) is 0 Å². The summed E-state index contributed by atoms with van der Waals surface area (Å²) in [4.78, 5) is 13.9. The van der Waals surface area contributed by atoms with E-state index in [9.17, 15) is 4.79 Å². The minimum absolute atomic E-state index is 0.128. The van der Waals surface area contributed by atoms with Gasteiger partial charge in [-0.2, -0.15) is 0 Å². The Bertz CT molecular complexity index is 267. The first-order valence-electron chi connectivity index (χ1n) is 2.62. The second kappa shape index (κ2) is 3.38. The maximum absolute atomic E-state index is 10.2. The number of carboxylic acid groups (broad SMARTS) is 1. The van der Waals surface area contributed by atoms with E-state index in [4.69, 9.17) is 28.3 Å². The zero-order valence-corrected chi connectivity index (χ0v) is 7.50. The van der Waals surface area contributed by atoms with Crippen LogP contribution in [0.1, 0.15) is 5.01 Å². The van der Waals surface area contributed by atoms with Crippen LogP contribution in [0, 0.1) is 0 Å². The van der Waals surface area contributed by atoms with Gasteiger partial charge in [-0.15, -0.1) is 11.3 Å². The molecule has 6 heteroatoms. The summed E-state index contributed by atoms with van der Waals surface area (Å²) in [6.45, 7) is 0. The van der Waals surface area contributed by atoms with Crippen LogP contribution in [-0.4, -0.2) is 16.1 Å². The molecule has 0 fully saturated rings. The van der Waals surface area contributed by atoms with Gasteiger partial charge in [-0.25, -0.2) is 4.98 Å². The Labute approximate surface area is 76.6 Å².